The maximum absolute atomic E-state index is 8.44. The van der Waals surface area contributed by atoms with E-state index in [1.54, 1.807) is 13.2 Å². The second kappa shape index (κ2) is 9.28. The fourth-order valence-corrected chi connectivity index (χ4v) is 3.48. The number of hydrogen-bond acceptors (Lipinski definition) is 3. The molecule has 0 aromatic rings. The maximum atomic E-state index is 8.44. The number of nitrogens with zero attached hydrogens (tertiary/aromatic N) is 3. The van der Waals surface area contributed by atoms with Crippen molar-refractivity contribution >= 4 is 8.32 Å². The van der Waals surface area contributed by atoms with Gasteiger partial charge in [0.2, 0.25) is 0 Å². The van der Waals surface area contributed by atoms with Crippen molar-refractivity contribution in [1.29, 1.82) is 0 Å². The Morgan fingerprint density at radius 1 is 1.39 bits per heavy atom. The molecule has 0 aromatic heterocycles. The van der Waals surface area contributed by atoms with Crippen molar-refractivity contribution in [2.24, 2.45) is 11.0 Å². The number of ether oxygens (including phenoxy) is 1. The van der Waals surface area contributed by atoms with E-state index in [4.69, 9.17) is 14.7 Å². The quantitative estimate of drug-likeness (QED) is 0.184. The van der Waals surface area contributed by atoms with Gasteiger partial charge >= 0.3 is 0 Å². The van der Waals surface area contributed by atoms with E-state index in [9.17, 15) is 0 Å². The van der Waals surface area contributed by atoms with Crippen molar-refractivity contribution in [2.45, 2.75) is 65.0 Å². The molecule has 0 fully saturated rings. The molecule has 0 aliphatic rings. The first-order chi connectivity index (χ1) is 10.5. The zero-order valence-electron chi connectivity index (χ0n) is 16.0. The Morgan fingerprint density at radius 3 is 2.35 bits per heavy atom. The van der Waals surface area contributed by atoms with Gasteiger partial charge in [0.25, 0.3) is 0 Å². The lowest BCUT2D eigenvalue weighted by molar-refractivity contribution is 0.00599. The highest BCUT2D eigenvalue weighted by Gasteiger charge is 2.41. The van der Waals surface area contributed by atoms with E-state index < -0.39 is 8.32 Å². The van der Waals surface area contributed by atoms with Crippen LogP contribution in [0.4, 0.5) is 0 Å². The van der Waals surface area contributed by atoms with E-state index in [0.717, 1.165) is 5.57 Å². The zero-order valence-corrected chi connectivity index (χ0v) is 17.0. The van der Waals surface area contributed by atoms with Crippen molar-refractivity contribution < 1.29 is 9.16 Å². The first-order valence-electron chi connectivity index (χ1n) is 8.01. The molecule has 132 valence electrons. The monoisotopic (exact) mass is 339 g/mol. The van der Waals surface area contributed by atoms with Crippen LogP contribution in [0.25, 0.3) is 10.4 Å². The molecule has 0 saturated carbocycles. The topological polar surface area (TPSA) is 67.2 Å². The Labute approximate surface area is 142 Å². The Kier molecular flexibility index (Phi) is 8.85. The summed E-state index contributed by atoms with van der Waals surface area (Å²) in [5.41, 5.74) is 9.47. The van der Waals surface area contributed by atoms with Crippen LogP contribution < -0.4 is 0 Å². The molecule has 0 N–H and O–H groups in total. The smallest absolute Gasteiger partial charge is 0.192 e. The predicted octanol–water partition coefficient (Wildman–Crippen LogP) is 5.47. The summed E-state index contributed by atoms with van der Waals surface area (Å²) in [7, 11) is -0.263. The van der Waals surface area contributed by atoms with Crippen molar-refractivity contribution in [1.82, 2.24) is 0 Å². The highest BCUT2D eigenvalue weighted by atomic mass is 28.4. The van der Waals surface area contributed by atoms with Crippen molar-refractivity contribution in [2.75, 3.05) is 13.7 Å². The average Bonchev–Trinajstić information content (AvgIpc) is 2.43. The molecular weight excluding hydrogens is 306 g/mol. The summed E-state index contributed by atoms with van der Waals surface area (Å²) in [6.07, 6.45) is 3.61. The minimum absolute atomic E-state index is 0.112. The van der Waals surface area contributed by atoms with Gasteiger partial charge < -0.3 is 9.16 Å². The molecule has 0 heterocycles. The Hall–Kier alpha value is -1.07. The normalized spacial score (nSPS) is 17.1. The summed E-state index contributed by atoms with van der Waals surface area (Å²) in [6, 6.07) is 0. The van der Waals surface area contributed by atoms with E-state index in [0.29, 0.717) is 6.54 Å². The summed E-state index contributed by atoms with van der Waals surface area (Å²) in [5.74, 6) is 0.126. The Bertz CT molecular complexity index is 463. The summed E-state index contributed by atoms with van der Waals surface area (Å²) in [4.78, 5) is 2.81. The van der Waals surface area contributed by atoms with E-state index in [-0.39, 0.29) is 23.2 Å². The van der Waals surface area contributed by atoms with Gasteiger partial charge in [0.1, 0.15) is 6.10 Å². The van der Waals surface area contributed by atoms with E-state index in [2.05, 4.69) is 63.5 Å². The fourth-order valence-electron chi connectivity index (χ4n) is 2.09. The Balaban J connectivity index is 5.46. The molecule has 1 unspecified atom stereocenters. The molecule has 6 heteroatoms. The minimum Gasteiger partial charge on any atom is -0.410 e. The van der Waals surface area contributed by atoms with Crippen molar-refractivity contribution in [3.63, 3.8) is 0 Å². The van der Waals surface area contributed by atoms with Gasteiger partial charge in [0, 0.05) is 24.5 Å². The van der Waals surface area contributed by atoms with Gasteiger partial charge in [-0.2, -0.15) is 0 Å². The molecule has 0 radical (unpaired) electrons. The van der Waals surface area contributed by atoms with Crippen LogP contribution in [-0.2, 0) is 9.16 Å². The minimum atomic E-state index is -1.94. The highest BCUT2D eigenvalue weighted by molar-refractivity contribution is 6.74. The highest BCUT2D eigenvalue weighted by Crippen LogP contribution is 2.39. The third-order valence-corrected chi connectivity index (χ3v) is 8.99. The SMILES string of the molecule is C=C[C@H](OC)[C@@H](O[Si](C)(C)C(C)(C)C)C(C)C=C(C)CN=[N+]=[N-]. The Morgan fingerprint density at radius 2 is 1.96 bits per heavy atom. The van der Waals surface area contributed by atoms with Crippen LogP contribution in [0.1, 0.15) is 34.6 Å². The van der Waals surface area contributed by atoms with Crippen LogP contribution in [0.2, 0.25) is 18.1 Å². The van der Waals surface area contributed by atoms with Gasteiger partial charge in [-0.05, 0) is 30.6 Å². The van der Waals surface area contributed by atoms with Crippen LogP contribution in [0.15, 0.2) is 29.4 Å². The van der Waals surface area contributed by atoms with E-state index in [1.165, 1.54) is 0 Å². The van der Waals surface area contributed by atoms with Gasteiger partial charge in [-0.25, -0.2) is 0 Å². The lowest BCUT2D eigenvalue weighted by atomic mass is 9.97. The molecule has 0 saturated heterocycles. The number of hydrogen-bond donors (Lipinski definition) is 0. The molecule has 0 aromatic carbocycles. The third-order valence-electron chi connectivity index (χ3n) is 4.51. The standard InChI is InChI=1S/C17H33N3O2Si/c1-10-15(21-7)16(22-23(8,9)17(4,5)6)14(3)11-13(2)12-19-20-18/h10-11,14-16H,1,12H2,2-9H3/t14?,15-,16-/m0/s1. The number of rotatable bonds is 9. The van der Waals surface area contributed by atoms with Gasteiger partial charge in [-0.3, -0.25) is 0 Å². The maximum Gasteiger partial charge on any atom is 0.192 e. The summed E-state index contributed by atoms with van der Waals surface area (Å²) in [6.45, 7) is 19.5. The zero-order chi connectivity index (χ0) is 18.3. The van der Waals surface area contributed by atoms with Crippen molar-refractivity contribution in [3.8, 4) is 0 Å². The second-order valence-corrected chi connectivity index (χ2v) is 12.3. The lowest BCUT2D eigenvalue weighted by Gasteiger charge is -2.42. The lowest BCUT2D eigenvalue weighted by Crippen LogP contribution is -2.49. The van der Waals surface area contributed by atoms with Crippen LogP contribution in [-0.4, -0.2) is 34.2 Å². The van der Waals surface area contributed by atoms with Gasteiger partial charge in [0.15, 0.2) is 8.32 Å². The average molecular weight is 340 g/mol. The van der Waals surface area contributed by atoms with Crippen LogP contribution >= 0.6 is 0 Å². The molecule has 0 amide bonds. The van der Waals surface area contributed by atoms with Crippen LogP contribution in [0.5, 0.6) is 0 Å². The largest absolute Gasteiger partial charge is 0.410 e. The number of methoxy groups -OCH3 is 1. The molecular formula is C17H33N3O2Si. The molecule has 0 rings (SSSR count). The second-order valence-electron chi connectivity index (χ2n) is 7.54. The molecule has 23 heavy (non-hydrogen) atoms. The molecule has 0 bridgehead atoms. The first kappa shape index (κ1) is 21.9. The van der Waals surface area contributed by atoms with Crippen LogP contribution in [0.3, 0.4) is 0 Å². The molecule has 0 aliphatic carbocycles. The summed E-state index contributed by atoms with van der Waals surface area (Å²) < 4.78 is 12.2. The predicted molar refractivity (Wildman–Crippen MR) is 100.0 cm³/mol. The van der Waals surface area contributed by atoms with Gasteiger partial charge in [-0.15, -0.1) is 6.58 Å². The summed E-state index contributed by atoms with van der Waals surface area (Å²) >= 11 is 0. The first-order valence-corrected chi connectivity index (χ1v) is 10.9. The van der Waals surface area contributed by atoms with Gasteiger partial charge in [-0.1, -0.05) is 50.5 Å². The molecule has 3 atom stereocenters. The third kappa shape index (κ3) is 6.91. The van der Waals surface area contributed by atoms with E-state index in [1.807, 2.05) is 6.92 Å². The molecule has 0 aliphatic heterocycles. The van der Waals surface area contributed by atoms with Crippen LogP contribution in [0, 0.1) is 5.92 Å². The number of azide groups is 1. The van der Waals surface area contributed by atoms with Gasteiger partial charge in [0.05, 0.1) is 6.10 Å². The molecule has 0 spiro atoms. The summed E-state index contributed by atoms with van der Waals surface area (Å²) in [5, 5.41) is 3.73. The fraction of sp³-hybridized carbons (Fsp3) is 0.765. The molecule has 5 nitrogen and oxygen atoms in total. The van der Waals surface area contributed by atoms with E-state index >= 15 is 0 Å². The van der Waals surface area contributed by atoms with Crippen molar-refractivity contribution in [3.05, 3.63) is 34.7 Å².